The Morgan fingerprint density at radius 1 is 1.33 bits per heavy atom. The van der Waals surface area contributed by atoms with Crippen LogP contribution in [0.1, 0.15) is 31.1 Å². The first kappa shape index (κ1) is 19.7. The quantitative estimate of drug-likeness (QED) is 0.391. The molecule has 5 nitrogen and oxygen atoms in total. The van der Waals surface area contributed by atoms with E-state index < -0.39 is 8.07 Å². The van der Waals surface area contributed by atoms with E-state index in [-0.39, 0.29) is 11.4 Å². The first-order valence-corrected chi connectivity index (χ1v) is 11.1. The smallest absolute Gasteiger partial charge is 0.293 e. The minimum atomic E-state index is -1.50. The molecule has 0 aliphatic rings. The average molecular weight is 344 g/mol. The van der Waals surface area contributed by atoms with Gasteiger partial charge in [-0.25, -0.2) is 0 Å². The lowest BCUT2D eigenvalue weighted by atomic mass is 10.1. The third kappa shape index (κ3) is 6.80. The molecular weight excluding hydrogens is 320 g/mol. The standard InChI is InChI=1S/C13H14N2OSi.C5H10O2/c1-17(2,3)7-5-13(16)11-8-15-12-9-14-6-4-10(11)12;1-5(2,3)7-4-6/h4,6,8-9,15H,1-3H3;4H,1-3H3. The van der Waals surface area contributed by atoms with Crippen LogP contribution in [0, 0.1) is 11.5 Å². The van der Waals surface area contributed by atoms with Crippen LogP contribution in [0.15, 0.2) is 24.7 Å². The number of pyridine rings is 1. The van der Waals surface area contributed by atoms with Gasteiger partial charge in [-0.15, -0.1) is 5.54 Å². The molecule has 0 aliphatic heterocycles. The Morgan fingerprint density at radius 3 is 2.50 bits per heavy atom. The van der Waals surface area contributed by atoms with Crippen LogP contribution in [0.25, 0.3) is 10.9 Å². The second kappa shape index (κ2) is 7.93. The summed E-state index contributed by atoms with van der Waals surface area (Å²) in [6.07, 6.45) is 5.09. The summed E-state index contributed by atoms with van der Waals surface area (Å²) in [4.78, 5) is 28.6. The molecule has 0 radical (unpaired) electrons. The van der Waals surface area contributed by atoms with Gasteiger partial charge in [-0.2, -0.15) is 0 Å². The van der Waals surface area contributed by atoms with Crippen molar-refractivity contribution in [3.05, 3.63) is 30.2 Å². The highest BCUT2D eigenvalue weighted by Gasteiger charge is 2.12. The second-order valence-corrected chi connectivity index (χ2v) is 12.0. The van der Waals surface area contributed by atoms with Gasteiger partial charge in [-0.05, 0) is 32.8 Å². The maximum absolute atomic E-state index is 12.0. The number of H-pyrrole nitrogens is 1. The van der Waals surface area contributed by atoms with Crippen molar-refractivity contribution in [1.29, 1.82) is 0 Å². The van der Waals surface area contributed by atoms with Gasteiger partial charge < -0.3 is 9.72 Å². The average Bonchev–Trinajstić information content (AvgIpc) is 2.87. The van der Waals surface area contributed by atoms with E-state index in [0.29, 0.717) is 12.0 Å². The van der Waals surface area contributed by atoms with E-state index in [0.717, 1.165) is 10.9 Å². The third-order valence-corrected chi connectivity index (χ3v) is 3.56. The van der Waals surface area contributed by atoms with Gasteiger partial charge in [-0.3, -0.25) is 14.6 Å². The lowest BCUT2D eigenvalue weighted by Crippen LogP contribution is -2.17. The Hall–Kier alpha value is -2.39. The van der Waals surface area contributed by atoms with Gasteiger partial charge in [0.25, 0.3) is 6.47 Å². The number of rotatable bonds is 2. The van der Waals surface area contributed by atoms with Crippen molar-refractivity contribution in [3.63, 3.8) is 0 Å². The van der Waals surface area contributed by atoms with E-state index in [1.54, 1.807) is 18.6 Å². The van der Waals surface area contributed by atoms with Crippen molar-refractivity contribution in [2.45, 2.75) is 46.0 Å². The van der Waals surface area contributed by atoms with E-state index in [1.807, 2.05) is 26.8 Å². The van der Waals surface area contributed by atoms with E-state index in [2.05, 4.69) is 45.8 Å². The zero-order chi connectivity index (χ0) is 18.4. The predicted octanol–water partition coefficient (Wildman–Crippen LogP) is 3.58. The van der Waals surface area contributed by atoms with Crippen LogP contribution in [0.4, 0.5) is 0 Å². The van der Waals surface area contributed by atoms with Crippen molar-refractivity contribution in [2.75, 3.05) is 0 Å². The van der Waals surface area contributed by atoms with Crippen LogP contribution in [0.3, 0.4) is 0 Å². The molecule has 0 saturated heterocycles. The number of Topliss-reactive ketones (excluding diaryl/α,β-unsaturated/α-hetero) is 1. The van der Waals surface area contributed by atoms with Gasteiger partial charge in [0.05, 0.1) is 17.3 Å². The SMILES string of the molecule is CC(C)(C)OC=O.C[Si](C)(C)C#CC(=O)c1c[nH]c2cnccc12. The molecule has 1 N–H and O–H groups in total. The number of carbonyl (C=O) groups is 2. The molecule has 0 aromatic carbocycles. The maximum Gasteiger partial charge on any atom is 0.293 e. The second-order valence-electron chi connectivity index (χ2n) is 7.28. The van der Waals surface area contributed by atoms with Gasteiger partial charge in [0.1, 0.15) is 13.7 Å². The minimum absolute atomic E-state index is 0.120. The Morgan fingerprint density at radius 2 is 2.00 bits per heavy atom. The maximum atomic E-state index is 12.0. The lowest BCUT2D eigenvalue weighted by Gasteiger charge is -2.14. The van der Waals surface area contributed by atoms with Crippen LogP contribution in [0.5, 0.6) is 0 Å². The lowest BCUT2D eigenvalue weighted by molar-refractivity contribution is -0.138. The molecule has 24 heavy (non-hydrogen) atoms. The van der Waals surface area contributed by atoms with Crippen LogP contribution in [0.2, 0.25) is 19.6 Å². The van der Waals surface area contributed by atoms with Gasteiger partial charge in [0.15, 0.2) is 0 Å². The van der Waals surface area contributed by atoms with E-state index in [1.165, 1.54) is 0 Å². The number of ether oxygens (including phenoxy) is 1. The zero-order valence-corrected chi connectivity index (χ0v) is 16.1. The molecule has 0 fully saturated rings. The summed E-state index contributed by atoms with van der Waals surface area (Å²) in [6.45, 7) is 12.3. The number of nitrogens with zero attached hydrogens (tertiary/aromatic N) is 1. The van der Waals surface area contributed by atoms with Gasteiger partial charge >= 0.3 is 0 Å². The number of hydrogen-bond acceptors (Lipinski definition) is 4. The van der Waals surface area contributed by atoms with Crippen molar-refractivity contribution in [2.24, 2.45) is 0 Å². The highest BCUT2D eigenvalue weighted by Crippen LogP contribution is 2.16. The number of carbonyl (C=O) groups excluding carboxylic acids is 2. The summed E-state index contributed by atoms with van der Waals surface area (Å²) in [5.41, 5.74) is 4.27. The van der Waals surface area contributed by atoms with Gasteiger partial charge in [0, 0.05) is 17.8 Å². The predicted molar refractivity (Wildman–Crippen MR) is 98.4 cm³/mol. The van der Waals surface area contributed by atoms with Crippen LogP contribution >= 0.6 is 0 Å². The molecule has 0 aliphatic carbocycles. The van der Waals surface area contributed by atoms with E-state index in [4.69, 9.17) is 0 Å². The summed E-state index contributed by atoms with van der Waals surface area (Å²) in [5.74, 6) is 2.63. The summed E-state index contributed by atoms with van der Waals surface area (Å²) >= 11 is 0. The molecule has 2 aromatic heterocycles. The first-order chi connectivity index (χ1) is 11.0. The Bertz CT molecular complexity index is 771. The number of aromatic amines is 1. The number of ketones is 1. The number of fused-ring (bicyclic) bond motifs is 1. The molecule has 0 bridgehead atoms. The molecule has 0 spiro atoms. The first-order valence-electron chi connectivity index (χ1n) is 7.63. The normalized spacial score (nSPS) is 10.9. The van der Waals surface area contributed by atoms with Crippen molar-refractivity contribution < 1.29 is 14.3 Å². The molecule has 2 heterocycles. The van der Waals surface area contributed by atoms with Crippen molar-refractivity contribution in [3.8, 4) is 11.5 Å². The molecule has 0 saturated carbocycles. The summed E-state index contributed by atoms with van der Waals surface area (Å²) in [6, 6.07) is 1.83. The highest BCUT2D eigenvalue weighted by molar-refractivity contribution is 6.84. The molecule has 0 unspecified atom stereocenters. The van der Waals surface area contributed by atoms with Gasteiger partial charge in [0.2, 0.25) is 5.78 Å². The van der Waals surface area contributed by atoms with Crippen molar-refractivity contribution in [1.82, 2.24) is 9.97 Å². The van der Waals surface area contributed by atoms with Gasteiger partial charge in [-0.1, -0.05) is 19.6 Å². The Kier molecular flexibility index (Phi) is 6.49. The fourth-order valence-electron chi connectivity index (χ4n) is 1.62. The van der Waals surface area contributed by atoms with Crippen LogP contribution in [-0.4, -0.2) is 35.9 Å². The number of hydrogen-bond donors (Lipinski definition) is 1. The Labute approximate surface area is 143 Å². The number of aromatic nitrogens is 2. The Balaban J connectivity index is 0.000000351. The fraction of sp³-hybridized carbons (Fsp3) is 0.389. The van der Waals surface area contributed by atoms with Crippen molar-refractivity contribution >= 4 is 31.2 Å². The molecule has 2 aromatic rings. The van der Waals surface area contributed by atoms with E-state index >= 15 is 0 Å². The summed E-state index contributed by atoms with van der Waals surface area (Å²) < 4.78 is 4.55. The minimum Gasteiger partial charge on any atom is -0.462 e. The fourth-order valence-corrected chi connectivity index (χ4v) is 2.10. The molecule has 2 rings (SSSR count). The zero-order valence-electron chi connectivity index (χ0n) is 15.1. The summed E-state index contributed by atoms with van der Waals surface area (Å²) in [7, 11) is -1.50. The molecule has 6 heteroatoms. The summed E-state index contributed by atoms with van der Waals surface area (Å²) in [5, 5.41) is 0.884. The third-order valence-electron chi connectivity index (χ3n) is 2.68. The molecule has 0 atom stereocenters. The highest BCUT2D eigenvalue weighted by atomic mass is 28.3. The molecule has 0 amide bonds. The van der Waals surface area contributed by atoms with Crippen LogP contribution < -0.4 is 0 Å². The van der Waals surface area contributed by atoms with E-state index in [9.17, 15) is 9.59 Å². The molecular formula is C18H24N2O3Si. The van der Waals surface area contributed by atoms with Crippen LogP contribution in [-0.2, 0) is 9.53 Å². The monoisotopic (exact) mass is 344 g/mol. The molecule has 128 valence electrons. The topological polar surface area (TPSA) is 72.1 Å². The largest absolute Gasteiger partial charge is 0.462 e. The number of nitrogens with one attached hydrogen (secondary N) is 1.